The summed E-state index contributed by atoms with van der Waals surface area (Å²) in [6.07, 6.45) is 7.35. The molecule has 4 rings (SSSR count). The van der Waals surface area contributed by atoms with Gasteiger partial charge in [-0.25, -0.2) is 0 Å². The van der Waals surface area contributed by atoms with Crippen LogP contribution in [-0.2, 0) is 6.42 Å². The second-order valence-electron chi connectivity index (χ2n) is 6.85. The van der Waals surface area contributed by atoms with Crippen molar-refractivity contribution in [2.75, 3.05) is 13.1 Å². The monoisotopic (exact) mass is 331 g/mol. The van der Waals surface area contributed by atoms with Crippen LogP contribution in [-0.4, -0.2) is 33.9 Å². The van der Waals surface area contributed by atoms with Gasteiger partial charge in [-0.1, -0.05) is 18.2 Å². The van der Waals surface area contributed by atoms with E-state index < -0.39 is 0 Å². The van der Waals surface area contributed by atoms with Crippen molar-refractivity contribution < 1.29 is 4.79 Å². The highest BCUT2D eigenvalue weighted by atomic mass is 16.2. The predicted octanol–water partition coefficient (Wildman–Crippen LogP) is 3.64. The Hall–Kier alpha value is -2.75. The zero-order chi connectivity index (χ0) is 17.2. The van der Waals surface area contributed by atoms with E-state index in [-0.39, 0.29) is 5.91 Å². The fourth-order valence-electron chi connectivity index (χ4n) is 3.68. The van der Waals surface area contributed by atoms with Gasteiger partial charge in [-0.3, -0.25) is 14.8 Å². The Morgan fingerprint density at radius 3 is 3.00 bits per heavy atom. The van der Waals surface area contributed by atoms with Crippen LogP contribution < -0.4 is 0 Å². The summed E-state index contributed by atoms with van der Waals surface area (Å²) in [7, 11) is 0. The van der Waals surface area contributed by atoms with Gasteiger partial charge in [0, 0.05) is 37.1 Å². The van der Waals surface area contributed by atoms with Gasteiger partial charge in [0.15, 0.2) is 0 Å². The molecule has 0 aliphatic carbocycles. The summed E-state index contributed by atoms with van der Waals surface area (Å²) < 4.78 is 0. The van der Waals surface area contributed by atoms with Crippen molar-refractivity contribution in [3.63, 3.8) is 0 Å². The third-order valence-electron chi connectivity index (χ3n) is 4.94. The summed E-state index contributed by atoms with van der Waals surface area (Å²) in [5.41, 5.74) is 4.07. The molecule has 0 bridgehead atoms. The van der Waals surface area contributed by atoms with Gasteiger partial charge in [-0.05, 0) is 55.0 Å². The molecule has 4 heteroatoms. The van der Waals surface area contributed by atoms with Crippen LogP contribution in [0.15, 0.2) is 55.0 Å². The highest BCUT2D eigenvalue weighted by Crippen LogP contribution is 2.25. The van der Waals surface area contributed by atoms with Gasteiger partial charge in [0.2, 0.25) is 0 Å². The summed E-state index contributed by atoms with van der Waals surface area (Å²) in [6, 6.07) is 12.3. The Balaban J connectivity index is 1.48. The molecule has 0 radical (unpaired) electrons. The van der Waals surface area contributed by atoms with Gasteiger partial charge < -0.3 is 4.90 Å². The van der Waals surface area contributed by atoms with Crippen LogP contribution in [0.5, 0.6) is 0 Å². The number of benzene rings is 1. The first kappa shape index (κ1) is 15.8. The number of fused-ring (bicyclic) bond motifs is 1. The molecular weight excluding hydrogens is 310 g/mol. The van der Waals surface area contributed by atoms with Crippen molar-refractivity contribution in [3.8, 4) is 0 Å². The van der Waals surface area contributed by atoms with Gasteiger partial charge in [0.05, 0.1) is 11.1 Å². The molecule has 1 saturated heterocycles. The summed E-state index contributed by atoms with van der Waals surface area (Å²) in [4.78, 5) is 23.2. The molecule has 1 fully saturated rings. The molecule has 2 aromatic heterocycles. The summed E-state index contributed by atoms with van der Waals surface area (Å²) in [5.74, 6) is 0.589. The van der Waals surface area contributed by atoms with E-state index in [1.165, 1.54) is 10.9 Å². The van der Waals surface area contributed by atoms with E-state index in [9.17, 15) is 4.79 Å². The maximum atomic E-state index is 12.7. The average molecular weight is 331 g/mol. The second kappa shape index (κ2) is 6.63. The molecule has 3 aromatic rings. The molecule has 1 aliphatic rings. The molecule has 1 amide bonds. The summed E-state index contributed by atoms with van der Waals surface area (Å²) in [5, 5.41) is 1.22. The van der Waals surface area contributed by atoms with Gasteiger partial charge in [0.1, 0.15) is 0 Å². The Labute approximate surface area is 147 Å². The lowest BCUT2D eigenvalue weighted by molar-refractivity contribution is 0.0786. The van der Waals surface area contributed by atoms with Crippen LogP contribution in [0.25, 0.3) is 10.9 Å². The third kappa shape index (κ3) is 3.25. The van der Waals surface area contributed by atoms with Crippen LogP contribution in [0.2, 0.25) is 0 Å². The molecular formula is C21H21N3O. The van der Waals surface area contributed by atoms with E-state index in [1.54, 1.807) is 12.4 Å². The minimum absolute atomic E-state index is 0.0956. The standard InChI is InChI=1S/C21H21N3O/c1-15-10-18(13-22-12-15)21(25)24-9-7-16(14-24)11-17-6-8-23-20-5-3-2-4-19(17)20/h2-6,8,10,12-13,16H,7,9,11,14H2,1H3/t16-/m1/s1. The van der Waals surface area contributed by atoms with E-state index in [2.05, 4.69) is 28.2 Å². The molecule has 0 unspecified atom stereocenters. The van der Waals surface area contributed by atoms with Crippen LogP contribution in [0.1, 0.15) is 27.9 Å². The Bertz CT molecular complexity index is 916. The van der Waals surface area contributed by atoms with Gasteiger partial charge in [-0.15, -0.1) is 0 Å². The number of pyridine rings is 2. The largest absolute Gasteiger partial charge is 0.338 e. The Morgan fingerprint density at radius 1 is 1.24 bits per heavy atom. The van der Waals surface area contributed by atoms with Crippen LogP contribution >= 0.6 is 0 Å². The first-order chi connectivity index (χ1) is 12.2. The number of likely N-dealkylation sites (tertiary alicyclic amines) is 1. The third-order valence-corrected chi connectivity index (χ3v) is 4.94. The zero-order valence-electron chi connectivity index (χ0n) is 14.4. The Morgan fingerprint density at radius 2 is 2.12 bits per heavy atom. The molecule has 3 heterocycles. The molecule has 0 saturated carbocycles. The number of aromatic nitrogens is 2. The number of para-hydroxylation sites is 1. The number of hydrogen-bond donors (Lipinski definition) is 0. The molecule has 25 heavy (non-hydrogen) atoms. The van der Waals surface area contributed by atoms with Crippen molar-refractivity contribution in [1.29, 1.82) is 0 Å². The molecule has 1 atom stereocenters. The number of nitrogens with zero attached hydrogens (tertiary/aromatic N) is 3. The molecule has 4 nitrogen and oxygen atoms in total. The zero-order valence-corrected chi connectivity index (χ0v) is 14.4. The first-order valence-corrected chi connectivity index (χ1v) is 8.74. The Kier molecular flexibility index (Phi) is 4.18. The molecule has 0 N–H and O–H groups in total. The van der Waals surface area contributed by atoms with Crippen molar-refractivity contribution in [2.45, 2.75) is 19.8 Å². The molecule has 0 spiro atoms. The van der Waals surface area contributed by atoms with E-state index in [0.29, 0.717) is 11.5 Å². The smallest absolute Gasteiger partial charge is 0.255 e. The molecule has 1 aromatic carbocycles. The molecule has 1 aliphatic heterocycles. The lowest BCUT2D eigenvalue weighted by Gasteiger charge is -2.17. The van der Waals surface area contributed by atoms with E-state index >= 15 is 0 Å². The predicted molar refractivity (Wildman–Crippen MR) is 98.4 cm³/mol. The number of carbonyl (C=O) groups is 1. The number of hydrogen-bond acceptors (Lipinski definition) is 3. The number of carbonyl (C=O) groups excluding carboxylic acids is 1. The SMILES string of the molecule is Cc1cncc(C(=O)N2CC[C@H](Cc3ccnc4ccccc34)C2)c1. The topological polar surface area (TPSA) is 46.1 Å². The quantitative estimate of drug-likeness (QED) is 0.736. The molecule has 126 valence electrons. The minimum Gasteiger partial charge on any atom is -0.338 e. The second-order valence-corrected chi connectivity index (χ2v) is 6.85. The van der Waals surface area contributed by atoms with Crippen molar-refractivity contribution in [3.05, 3.63) is 71.7 Å². The van der Waals surface area contributed by atoms with Gasteiger partial charge >= 0.3 is 0 Å². The lowest BCUT2D eigenvalue weighted by atomic mass is 9.96. The normalized spacial score (nSPS) is 17.2. The number of aryl methyl sites for hydroxylation is 1. The first-order valence-electron chi connectivity index (χ1n) is 8.74. The van der Waals surface area contributed by atoms with Crippen molar-refractivity contribution in [1.82, 2.24) is 14.9 Å². The van der Waals surface area contributed by atoms with Gasteiger partial charge in [-0.2, -0.15) is 0 Å². The van der Waals surface area contributed by atoms with E-state index in [1.807, 2.05) is 36.2 Å². The average Bonchev–Trinajstić information content (AvgIpc) is 3.10. The van der Waals surface area contributed by atoms with Crippen LogP contribution in [0.4, 0.5) is 0 Å². The maximum Gasteiger partial charge on any atom is 0.255 e. The maximum absolute atomic E-state index is 12.7. The van der Waals surface area contributed by atoms with Crippen molar-refractivity contribution in [2.24, 2.45) is 5.92 Å². The van der Waals surface area contributed by atoms with Crippen molar-refractivity contribution >= 4 is 16.8 Å². The van der Waals surface area contributed by atoms with Crippen LogP contribution in [0, 0.1) is 12.8 Å². The fourth-order valence-corrected chi connectivity index (χ4v) is 3.68. The van der Waals surface area contributed by atoms with E-state index in [0.717, 1.165) is 37.0 Å². The minimum atomic E-state index is 0.0956. The summed E-state index contributed by atoms with van der Waals surface area (Å²) in [6.45, 7) is 3.59. The summed E-state index contributed by atoms with van der Waals surface area (Å²) >= 11 is 0. The highest BCUT2D eigenvalue weighted by molar-refractivity contribution is 5.94. The fraction of sp³-hybridized carbons (Fsp3) is 0.286. The number of amides is 1. The highest BCUT2D eigenvalue weighted by Gasteiger charge is 2.27. The van der Waals surface area contributed by atoms with E-state index in [4.69, 9.17) is 0 Å². The van der Waals surface area contributed by atoms with Crippen LogP contribution in [0.3, 0.4) is 0 Å². The number of rotatable bonds is 3. The lowest BCUT2D eigenvalue weighted by Crippen LogP contribution is -2.29. The van der Waals surface area contributed by atoms with Gasteiger partial charge in [0.25, 0.3) is 5.91 Å².